The van der Waals surface area contributed by atoms with Gasteiger partial charge in [-0.25, -0.2) is 4.79 Å². The summed E-state index contributed by atoms with van der Waals surface area (Å²) in [5, 5.41) is 17.4. The minimum atomic E-state index is -1.00. The summed E-state index contributed by atoms with van der Waals surface area (Å²) in [4.78, 5) is 37.1. The lowest BCUT2D eigenvalue weighted by Crippen LogP contribution is -2.43. The summed E-state index contributed by atoms with van der Waals surface area (Å²) in [6, 6.07) is 8.37. The standard InChI is InChI=1S/C19H22N2O5/c1-13(10-17(22)15-4-2-14(11-20)3-5-15)19(25)21-8-6-16(7-9-21)26-12-18(23)24/h2-5,13,16H,6-10,12H2,1H3,(H,23,24). The number of amides is 1. The summed E-state index contributed by atoms with van der Waals surface area (Å²) in [6.07, 6.45) is 1.15. The van der Waals surface area contributed by atoms with Crippen molar-refractivity contribution in [3.8, 4) is 6.07 Å². The van der Waals surface area contributed by atoms with Gasteiger partial charge in [0.2, 0.25) is 5.91 Å². The lowest BCUT2D eigenvalue weighted by Gasteiger charge is -2.33. The van der Waals surface area contributed by atoms with Crippen LogP contribution in [0.5, 0.6) is 0 Å². The van der Waals surface area contributed by atoms with Crippen LogP contribution < -0.4 is 0 Å². The van der Waals surface area contributed by atoms with Gasteiger partial charge in [-0.2, -0.15) is 5.26 Å². The summed E-state index contributed by atoms with van der Waals surface area (Å²) >= 11 is 0. The molecule has 1 aliphatic heterocycles. The van der Waals surface area contributed by atoms with E-state index in [0.717, 1.165) is 0 Å². The minimum Gasteiger partial charge on any atom is -0.480 e. The molecule has 7 heteroatoms. The topological polar surface area (TPSA) is 108 Å². The zero-order chi connectivity index (χ0) is 19.1. The number of carboxylic acids is 1. The van der Waals surface area contributed by atoms with Gasteiger partial charge in [0.05, 0.1) is 17.7 Å². The number of ether oxygens (including phenoxy) is 1. The van der Waals surface area contributed by atoms with E-state index < -0.39 is 11.9 Å². The molecule has 0 spiro atoms. The molecular weight excluding hydrogens is 336 g/mol. The molecule has 138 valence electrons. The number of carbonyl (C=O) groups is 3. The van der Waals surface area contributed by atoms with Crippen molar-refractivity contribution in [2.75, 3.05) is 19.7 Å². The molecule has 1 fully saturated rings. The third-order valence-corrected chi connectivity index (χ3v) is 4.45. The van der Waals surface area contributed by atoms with Crippen LogP contribution in [0.1, 0.15) is 42.1 Å². The van der Waals surface area contributed by atoms with Crippen molar-refractivity contribution in [2.45, 2.75) is 32.3 Å². The van der Waals surface area contributed by atoms with Gasteiger partial charge in [0.15, 0.2) is 5.78 Å². The van der Waals surface area contributed by atoms with E-state index in [1.54, 1.807) is 36.1 Å². The van der Waals surface area contributed by atoms with Gasteiger partial charge in [0, 0.05) is 31.0 Å². The van der Waals surface area contributed by atoms with Crippen LogP contribution >= 0.6 is 0 Å². The second-order valence-corrected chi connectivity index (χ2v) is 6.45. The maximum atomic E-state index is 12.5. The van der Waals surface area contributed by atoms with Gasteiger partial charge in [-0.05, 0) is 25.0 Å². The van der Waals surface area contributed by atoms with E-state index in [1.807, 2.05) is 6.07 Å². The summed E-state index contributed by atoms with van der Waals surface area (Å²) in [6.45, 7) is 2.40. The Morgan fingerprint density at radius 2 is 1.88 bits per heavy atom. The number of aliphatic carboxylic acids is 1. The molecule has 0 saturated carbocycles. The number of hydrogen-bond acceptors (Lipinski definition) is 5. The number of benzene rings is 1. The van der Waals surface area contributed by atoms with Crippen LogP contribution in [0.4, 0.5) is 0 Å². The molecule has 1 unspecified atom stereocenters. The Morgan fingerprint density at radius 3 is 2.42 bits per heavy atom. The van der Waals surface area contributed by atoms with Gasteiger partial charge < -0.3 is 14.7 Å². The number of likely N-dealkylation sites (tertiary alicyclic amines) is 1. The number of Topliss-reactive ketones (excluding diaryl/α,β-unsaturated/α-hetero) is 1. The third-order valence-electron chi connectivity index (χ3n) is 4.45. The average Bonchev–Trinajstić information content (AvgIpc) is 2.66. The Hall–Kier alpha value is -2.72. The molecule has 7 nitrogen and oxygen atoms in total. The lowest BCUT2D eigenvalue weighted by molar-refractivity contribution is -0.147. The van der Waals surface area contributed by atoms with Crippen LogP contribution in [0.3, 0.4) is 0 Å². The van der Waals surface area contributed by atoms with Crippen LogP contribution in [0.15, 0.2) is 24.3 Å². The minimum absolute atomic E-state index is 0.0799. The maximum absolute atomic E-state index is 12.5. The molecule has 1 atom stereocenters. The highest BCUT2D eigenvalue weighted by Gasteiger charge is 2.28. The summed E-state index contributed by atoms with van der Waals surface area (Å²) < 4.78 is 5.26. The molecule has 0 bridgehead atoms. The highest BCUT2D eigenvalue weighted by Crippen LogP contribution is 2.19. The molecule has 1 heterocycles. The molecule has 2 rings (SSSR count). The Morgan fingerprint density at radius 1 is 1.27 bits per heavy atom. The quantitative estimate of drug-likeness (QED) is 0.746. The van der Waals surface area contributed by atoms with Gasteiger partial charge in [0.1, 0.15) is 6.61 Å². The van der Waals surface area contributed by atoms with E-state index >= 15 is 0 Å². The lowest BCUT2D eigenvalue weighted by atomic mass is 9.97. The number of nitriles is 1. The summed E-state index contributed by atoms with van der Waals surface area (Å²) in [5.74, 6) is -1.65. The highest BCUT2D eigenvalue weighted by molar-refractivity contribution is 5.98. The van der Waals surface area contributed by atoms with Crippen molar-refractivity contribution >= 4 is 17.7 Å². The smallest absolute Gasteiger partial charge is 0.329 e. The van der Waals surface area contributed by atoms with Crippen molar-refractivity contribution in [3.63, 3.8) is 0 Å². The normalized spacial score (nSPS) is 15.9. The van der Waals surface area contributed by atoms with Crippen LogP contribution in [0, 0.1) is 17.2 Å². The van der Waals surface area contributed by atoms with E-state index in [9.17, 15) is 14.4 Å². The first-order chi connectivity index (χ1) is 12.4. The number of piperidine rings is 1. The van der Waals surface area contributed by atoms with Crippen molar-refractivity contribution < 1.29 is 24.2 Å². The first-order valence-electron chi connectivity index (χ1n) is 8.56. The van der Waals surface area contributed by atoms with Gasteiger partial charge in [0.25, 0.3) is 0 Å². The second-order valence-electron chi connectivity index (χ2n) is 6.45. The Labute approximate surface area is 152 Å². The Balaban J connectivity index is 1.82. The van der Waals surface area contributed by atoms with Crippen LogP contribution in [-0.2, 0) is 14.3 Å². The van der Waals surface area contributed by atoms with Gasteiger partial charge in [-0.1, -0.05) is 19.1 Å². The number of hydrogen-bond donors (Lipinski definition) is 1. The Kier molecular flexibility index (Phi) is 6.87. The van der Waals surface area contributed by atoms with Crippen molar-refractivity contribution in [1.29, 1.82) is 5.26 Å². The predicted octanol–water partition coefficient (Wildman–Crippen LogP) is 1.86. The SMILES string of the molecule is CC(CC(=O)c1ccc(C#N)cc1)C(=O)N1CCC(OCC(=O)O)CC1. The van der Waals surface area contributed by atoms with E-state index in [2.05, 4.69) is 0 Å². The van der Waals surface area contributed by atoms with Gasteiger partial charge in [-0.15, -0.1) is 0 Å². The summed E-state index contributed by atoms with van der Waals surface area (Å²) in [7, 11) is 0. The molecular formula is C19H22N2O5. The molecule has 1 aliphatic rings. The molecule has 0 aliphatic carbocycles. The van der Waals surface area contributed by atoms with Crippen molar-refractivity contribution in [3.05, 3.63) is 35.4 Å². The molecule has 26 heavy (non-hydrogen) atoms. The first-order valence-corrected chi connectivity index (χ1v) is 8.56. The van der Waals surface area contributed by atoms with E-state index in [4.69, 9.17) is 15.1 Å². The number of carboxylic acid groups (broad SMARTS) is 1. The number of rotatable bonds is 7. The van der Waals surface area contributed by atoms with Crippen LogP contribution in [0.25, 0.3) is 0 Å². The predicted molar refractivity (Wildman–Crippen MR) is 92.5 cm³/mol. The number of carbonyl (C=O) groups excluding carboxylic acids is 2. The van der Waals surface area contributed by atoms with Gasteiger partial charge in [-0.3, -0.25) is 9.59 Å². The van der Waals surface area contributed by atoms with Gasteiger partial charge >= 0.3 is 5.97 Å². The molecule has 0 radical (unpaired) electrons. The monoisotopic (exact) mass is 358 g/mol. The zero-order valence-electron chi connectivity index (χ0n) is 14.7. The van der Waals surface area contributed by atoms with E-state index in [1.165, 1.54) is 0 Å². The fraction of sp³-hybridized carbons (Fsp3) is 0.474. The second kappa shape index (κ2) is 9.11. The average molecular weight is 358 g/mol. The largest absolute Gasteiger partial charge is 0.480 e. The third kappa shape index (κ3) is 5.39. The fourth-order valence-corrected chi connectivity index (χ4v) is 2.96. The molecule has 1 aromatic carbocycles. The fourth-order valence-electron chi connectivity index (χ4n) is 2.96. The van der Waals surface area contributed by atoms with Crippen LogP contribution in [0.2, 0.25) is 0 Å². The van der Waals surface area contributed by atoms with Crippen molar-refractivity contribution in [2.24, 2.45) is 5.92 Å². The number of nitrogens with zero attached hydrogens (tertiary/aromatic N) is 2. The van der Waals surface area contributed by atoms with Crippen LogP contribution in [-0.4, -0.2) is 53.5 Å². The maximum Gasteiger partial charge on any atom is 0.329 e. The molecule has 1 N–H and O–H groups in total. The zero-order valence-corrected chi connectivity index (χ0v) is 14.7. The van der Waals surface area contributed by atoms with Crippen molar-refractivity contribution in [1.82, 2.24) is 4.90 Å². The highest BCUT2D eigenvalue weighted by atomic mass is 16.5. The van der Waals surface area contributed by atoms with E-state index in [-0.39, 0.29) is 30.8 Å². The molecule has 0 aromatic heterocycles. The van der Waals surface area contributed by atoms with E-state index in [0.29, 0.717) is 37.1 Å². The number of ketones is 1. The first kappa shape index (κ1) is 19.6. The molecule has 1 aromatic rings. The Bertz CT molecular complexity index is 700. The molecule has 1 saturated heterocycles. The summed E-state index contributed by atoms with van der Waals surface area (Å²) in [5.41, 5.74) is 0.975. The molecule has 1 amide bonds.